The molecule has 0 unspecified atom stereocenters. The van der Waals surface area contributed by atoms with Crippen molar-refractivity contribution in [2.75, 3.05) is 12.3 Å². The minimum absolute atomic E-state index is 0. The molecule has 0 aliphatic heterocycles. The van der Waals surface area contributed by atoms with Crippen LogP contribution in [0.2, 0.25) is 0 Å². The quantitative estimate of drug-likeness (QED) is 0.812. The molecular weight excluding hydrogens is 230 g/mol. The van der Waals surface area contributed by atoms with Crippen molar-refractivity contribution >= 4 is 29.3 Å². The van der Waals surface area contributed by atoms with Crippen molar-refractivity contribution in [1.82, 2.24) is 0 Å². The molecule has 2 nitrogen and oxygen atoms in total. The largest absolute Gasteiger partial charge is 0.330 e. The first-order chi connectivity index (χ1) is 6.84. The van der Waals surface area contributed by atoms with Crippen LogP contribution >= 0.6 is 24.2 Å². The highest BCUT2D eigenvalue weighted by atomic mass is 35.5. The zero-order valence-corrected chi connectivity index (χ0v) is 10.2. The summed E-state index contributed by atoms with van der Waals surface area (Å²) >= 11 is 1.37. The number of benzene rings is 1. The average Bonchev–Trinajstić information content (AvgIpc) is 2.25. The van der Waals surface area contributed by atoms with Crippen LogP contribution in [0.4, 0.5) is 0 Å². The number of halogens is 1. The number of hydrogen-bond acceptors (Lipinski definition) is 3. The van der Waals surface area contributed by atoms with Crippen LogP contribution in [0.25, 0.3) is 0 Å². The van der Waals surface area contributed by atoms with Crippen LogP contribution in [-0.2, 0) is 0 Å². The standard InChI is InChI=1S/C11H15NOS.ClH/c12-8-4-5-9-14-11(13)10-6-2-1-3-7-10;/h1-3,6-7H,4-5,8-9,12H2;1H. The molecule has 15 heavy (non-hydrogen) atoms. The number of carbonyl (C=O) groups excluding carboxylic acids is 1. The molecule has 1 aromatic carbocycles. The third kappa shape index (κ3) is 5.82. The minimum atomic E-state index is 0. The predicted octanol–water partition coefficient (Wildman–Crippen LogP) is 2.72. The molecule has 0 atom stereocenters. The Kier molecular flexibility index (Phi) is 8.47. The highest BCUT2D eigenvalue weighted by Gasteiger charge is 2.04. The second-order valence-electron chi connectivity index (χ2n) is 3.00. The molecule has 0 bridgehead atoms. The fraction of sp³-hybridized carbons (Fsp3) is 0.364. The second-order valence-corrected chi connectivity index (χ2v) is 4.07. The van der Waals surface area contributed by atoms with E-state index in [1.54, 1.807) is 0 Å². The molecule has 0 aliphatic rings. The fourth-order valence-electron chi connectivity index (χ4n) is 1.07. The third-order valence-corrected chi connectivity index (χ3v) is 2.83. The first-order valence-corrected chi connectivity index (χ1v) is 5.75. The van der Waals surface area contributed by atoms with Gasteiger partial charge in [-0.05, 0) is 19.4 Å². The van der Waals surface area contributed by atoms with Crippen molar-refractivity contribution in [2.45, 2.75) is 12.8 Å². The molecule has 0 amide bonds. The maximum Gasteiger partial charge on any atom is 0.219 e. The van der Waals surface area contributed by atoms with Gasteiger partial charge in [-0.25, -0.2) is 0 Å². The summed E-state index contributed by atoms with van der Waals surface area (Å²) in [5, 5.41) is 0.155. The van der Waals surface area contributed by atoms with E-state index in [1.165, 1.54) is 11.8 Å². The van der Waals surface area contributed by atoms with Gasteiger partial charge < -0.3 is 5.73 Å². The summed E-state index contributed by atoms with van der Waals surface area (Å²) in [6.45, 7) is 0.708. The average molecular weight is 246 g/mol. The molecule has 0 aromatic heterocycles. The second kappa shape index (κ2) is 8.77. The molecule has 4 heteroatoms. The molecule has 0 aliphatic carbocycles. The van der Waals surface area contributed by atoms with Crippen LogP contribution in [0, 0.1) is 0 Å². The van der Waals surface area contributed by atoms with E-state index in [4.69, 9.17) is 5.73 Å². The molecule has 0 fully saturated rings. The smallest absolute Gasteiger partial charge is 0.219 e. The SMILES string of the molecule is Cl.NCCCCSC(=O)c1ccccc1. The Hall–Kier alpha value is -0.510. The van der Waals surface area contributed by atoms with Crippen molar-refractivity contribution < 1.29 is 4.79 Å². The Morgan fingerprint density at radius 1 is 1.20 bits per heavy atom. The van der Waals surface area contributed by atoms with Gasteiger partial charge >= 0.3 is 0 Å². The van der Waals surface area contributed by atoms with E-state index in [-0.39, 0.29) is 17.5 Å². The van der Waals surface area contributed by atoms with Crippen molar-refractivity contribution in [2.24, 2.45) is 5.73 Å². The molecule has 0 radical (unpaired) electrons. The van der Waals surface area contributed by atoms with Crippen LogP contribution < -0.4 is 5.73 Å². The molecule has 0 saturated carbocycles. The summed E-state index contributed by atoms with van der Waals surface area (Å²) in [6.07, 6.45) is 2.01. The van der Waals surface area contributed by atoms with Gasteiger partial charge in [0.25, 0.3) is 0 Å². The first-order valence-electron chi connectivity index (χ1n) is 4.77. The minimum Gasteiger partial charge on any atom is -0.330 e. The topological polar surface area (TPSA) is 43.1 Å². The van der Waals surface area contributed by atoms with E-state index >= 15 is 0 Å². The van der Waals surface area contributed by atoms with Crippen LogP contribution in [-0.4, -0.2) is 17.4 Å². The van der Waals surface area contributed by atoms with Gasteiger partial charge in [0.05, 0.1) is 0 Å². The molecule has 1 aromatic rings. The van der Waals surface area contributed by atoms with Gasteiger partial charge in [0.15, 0.2) is 0 Å². The number of rotatable bonds is 5. The lowest BCUT2D eigenvalue weighted by Gasteiger charge is -1.99. The predicted molar refractivity (Wildman–Crippen MR) is 68.8 cm³/mol. The van der Waals surface area contributed by atoms with Crippen molar-refractivity contribution in [3.05, 3.63) is 35.9 Å². The van der Waals surface area contributed by atoms with Gasteiger partial charge in [0.1, 0.15) is 0 Å². The molecule has 1 rings (SSSR count). The first kappa shape index (κ1) is 14.5. The van der Waals surface area contributed by atoms with E-state index in [9.17, 15) is 4.79 Å². The Bertz CT molecular complexity index is 279. The lowest BCUT2D eigenvalue weighted by molar-refractivity contribution is 0.108. The molecule has 84 valence electrons. The normalized spacial score (nSPS) is 9.40. The number of nitrogens with two attached hydrogens (primary N) is 1. The van der Waals surface area contributed by atoms with E-state index in [2.05, 4.69) is 0 Å². The summed E-state index contributed by atoms with van der Waals surface area (Å²) < 4.78 is 0. The van der Waals surface area contributed by atoms with Crippen LogP contribution in [0.1, 0.15) is 23.2 Å². The fourth-order valence-corrected chi connectivity index (χ4v) is 1.91. The van der Waals surface area contributed by atoms with Crippen LogP contribution in [0.3, 0.4) is 0 Å². The number of thioether (sulfide) groups is 1. The maximum absolute atomic E-state index is 11.5. The number of unbranched alkanes of at least 4 members (excludes halogenated alkanes) is 1. The van der Waals surface area contributed by atoms with Gasteiger partial charge in [-0.2, -0.15) is 0 Å². The zero-order valence-electron chi connectivity index (χ0n) is 8.52. The molecular formula is C11H16ClNOS. The van der Waals surface area contributed by atoms with E-state index in [0.717, 1.165) is 24.2 Å². The number of carbonyl (C=O) groups is 1. The Balaban J connectivity index is 0.00000196. The summed E-state index contributed by atoms with van der Waals surface area (Å²) in [5.41, 5.74) is 6.14. The van der Waals surface area contributed by atoms with Gasteiger partial charge in [0, 0.05) is 11.3 Å². The van der Waals surface area contributed by atoms with Gasteiger partial charge in [-0.15, -0.1) is 12.4 Å². The van der Waals surface area contributed by atoms with E-state index in [1.807, 2.05) is 30.3 Å². The van der Waals surface area contributed by atoms with Crippen LogP contribution in [0.5, 0.6) is 0 Å². The molecule has 0 saturated heterocycles. The monoisotopic (exact) mass is 245 g/mol. The van der Waals surface area contributed by atoms with Crippen molar-refractivity contribution in [3.63, 3.8) is 0 Å². The van der Waals surface area contributed by atoms with Gasteiger partial charge in [0.2, 0.25) is 5.12 Å². The van der Waals surface area contributed by atoms with E-state index in [0.29, 0.717) is 6.54 Å². The highest BCUT2D eigenvalue weighted by Crippen LogP contribution is 2.13. The zero-order chi connectivity index (χ0) is 10.2. The maximum atomic E-state index is 11.5. The Morgan fingerprint density at radius 2 is 1.87 bits per heavy atom. The van der Waals surface area contributed by atoms with Crippen molar-refractivity contribution in [3.8, 4) is 0 Å². The summed E-state index contributed by atoms with van der Waals surface area (Å²) in [4.78, 5) is 11.5. The highest BCUT2D eigenvalue weighted by molar-refractivity contribution is 8.14. The van der Waals surface area contributed by atoms with Gasteiger partial charge in [-0.3, -0.25) is 4.79 Å². The third-order valence-electron chi connectivity index (χ3n) is 1.84. The van der Waals surface area contributed by atoms with Gasteiger partial charge in [-0.1, -0.05) is 42.1 Å². The van der Waals surface area contributed by atoms with Crippen LogP contribution in [0.15, 0.2) is 30.3 Å². The Morgan fingerprint density at radius 3 is 2.47 bits per heavy atom. The van der Waals surface area contributed by atoms with E-state index < -0.39 is 0 Å². The summed E-state index contributed by atoms with van der Waals surface area (Å²) in [7, 11) is 0. The van der Waals surface area contributed by atoms with Crippen molar-refractivity contribution in [1.29, 1.82) is 0 Å². The molecule has 2 N–H and O–H groups in total. The number of hydrogen-bond donors (Lipinski definition) is 1. The summed E-state index contributed by atoms with van der Waals surface area (Å²) in [6, 6.07) is 9.37. The molecule has 0 spiro atoms. The lowest BCUT2D eigenvalue weighted by atomic mass is 10.2. The molecule has 0 heterocycles. The lowest BCUT2D eigenvalue weighted by Crippen LogP contribution is -2.00. The summed E-state index contributed by atoms with van der Waals surface area (Å²) in [5.74, 6) is 0.866. The Labute approximate surface area is 101 Å².